The zero-order valence-corrected chi connectivity index (χ0v) is 47.1. The van der Waals surface area contributed by atoms with Crippen LogP contribution < -0.4 is 65.6 Å². The van der Waals surface area contributed by atoms with Gasteiger partial charge in [0, 0.05) is 36.5 Å². The number of carboxylic acids is 4. The lowest BCUT2D eigenvalue weighted by Crippen LogP contribution is -3.34. The lowest BCUT2D eigenvalue weighted by Gasteiger charge is -2.22. The largest absolute Gasteiger partial charge is 0.550 e. The van der Waals surface area contributed by atoms with E-state index < -0.39 is 28.8 Å². The van der Waals surface area contributed by atoms with Crippen LogP contribution in [0.3, 0.4) is 0 Å². The second-order valence-electron chi connectivity index (χ2n) is 15.9. The van der Waals surface area contributed by atoms with Crippen LogP contribution in [0.5, 0.6) is 0 Å². The maximum Gasteiger partial charge on any atom is 0.296 e. The van der Waals surface area contributed by atoms with E-state index >= 15 is 0 Å². The lowest BCUT2D eigenvalue weighted by molar-refractivity contribution is -0.384. The SMILES string of the molecule is CC(=O)[O-].CC(=O)[O-].CCC(C)(C)c1ccc([IH+])cc1.CCC(C)(C)c1ccc([IH+])cc1.Cc1ccc(CC(=O)[O-])cc1.O=C([O-])c1ccc([N+](=O)[O-])cc1.[SH2+]c1ccccc1.[SH2+]c1ccccc1. The number of aliphatic carboxylic acids is 3. The molecule has 69 heavy (non-hydrogen) atoms. The molecule has 0 aliphatic rings. The normalized spacial score (nSPS) is 9.70. The first-order chi connectivity index (χ1) is 32.2. The van der Waals surface area contributed by atoms with Gasteiger partial charge in [0.2, 0.25) is 0 Å². The van der Waals surface area contributed by atoms with E-state index in [4.69, 9.17) is 19.8 Å². The third kappa shape index (κ3) is 35.5. The molecule has 0 radical (unpaired) electrons. The molecule has 15 heteroatoms. The van der Waals surface area contributed by atoms with Crippen molar-refractivity contribution in [1.82, 2.24) is 0 Å². The van der Waals surface area contributed by atoms with E-state index in [1.165, 1.54) is 31.1 Å². The van der Waals surface area contributed by atoms with E-state index in [-0.39, 0.29) is 17.7 Å². The van der Waals surface area contributed by atoms with E-state index in [1.54, 1.807) is 12.1 Å². The topological polar surface area (TPSA) is 204 Å². The van der Waals surface area contributed by atoms with Gasteiger partial charge in [0.25, 0.3) is 50.9 Å². The molecule has 6 aromatic carbocycles. The average molecular weight is 1210 g/mol. The quantitative estimate of drug-likeness (QED) is 0.0831. The number of rotatable bonds is 8. The smallest absolute Gasteiger partial charge is 0.296 e. The highest BCUT2D eigenvalue weighted by Gasteiger charge is 2.18. The minimum absolute atomic E-state index is 0.000278. The minimum atomic E-state index is -1.34. The number of benzene rings is 6. The van der Waals surface area contributed by atoms with Gasteiger partial charge in [0.15, 0.2) is 7.14 Å². The Labute approximate surface area is 446 Å². The van der Waals surface area contributed by atoms with E-state index in [2.05, 4.69) is 161 Å². The van der Waals surface area contributed by atoms with Crippen molar-refractivity contribution in [3.05, 3.63) is 203 Å². The van der Waals surface area contributed by atoms with Crippen molar-refractivity contribution in [2.75, 3.05) is 0 Å². The van der Waals surface area contributed by atoms with Gasteiger partial charge in [-0.3, -0.25) is 10.1 Å². The molecule has 6 rings (SSSR count). The third-order valence-corrected chi connectivity index (χ3v) is 11.6. The van der Waals surface area contributed by atoms with Crippen LogP contribution in [-0.4, -0.2) is 28.8 Å². The molecule has 0 aliphatic carbocycles. The Hall–Kier alpha value is -5.24. The zero-order valence-electron chi connectivity index (χ0n) is 40.5. The van der Waals surface area contributed by atoms with Crippen LogP contribution in [-0.2, 0) is 56.9 Å². The van der Waals surface area contributed by atoms with Crippen molar-refractivity contribution in [2.24, 2.45) is 0 Å². The Kier molecular flexibility index (Phi) is 35.0. The fraction of sp³-hybridized carbons (Fsp3) is 0.259. The summed E-state index contributed by atoms with van der Waals surface area (Å²) in [5, 5.41) is 48.2. The average Bonchev–Trinajstić information content (AvgIpc) is 3.28. The van der Waals surface area contributed by atoms with Crippen LogP contribution in [0.25, 0.3) is 0 Å². The third-order valence-electron chi connectivity index (χ3n) is 9.37. The van der Waals surface area contributed by atoms with Crippen molar-refractivity contribution in [3.8, 4) is 0 Å². The molecule has 0 atom stereocenters. The van der Waals surface area contributed by atoms with E-state index in [1.807, 2.05) is 79.7 Å². The summed E-state index contributed by atoms with van der Waals surface area (Å²) >= 11 is 10.8. The summed E-state index contributed by atoms with van der Waals surface area (Å²) < 4.78 is 2.70. The predicted octanol–water partition coefficient (Wildman–Crippen LogP) is -0.469. The number of carbonyl (C=O) groups excluding carboxylic acids is 4. The van der Waals surface area contributed by atoms with Crippen molar-refractivity contribution < 1.29 is 89.7 Å². The molecule has 0 bridgehead atoms. The first kappa shape index (κ1) is 65.8. The Morgan fingerprint density at radius 1 is 0.536 bits per heavy atom. The molecule has 6 aromatic rings. The molecule has 0 aromatic heterocycles. The van der Waals surface area contributed by atoms with Gasteiger partial charge in [-0.1, -0.05) is 132 Å². The first-order valence-corrected chi connectivity index (χ1v) is 24.6. The number of aromatic carboxylic acids is 1. The monoisotopic (exact) mass is 1210 g/mol. The van der Waals surface area contributed by atoms with Crippen molar-refractivity contribution >= 4 is 54.8 Å². The Morgan fingerprint density at radius 2 is 0.855 bits per heavy atom. The highest BCUT2D eigenvalue weighted by Crippen LogP contribution is 2.26. The standard InChI is InChI=1S/2C11H16I.C9H10O2.C7H5NO4.2C6H6S.2C2H4O2/c2*1-4-11(2,3)9-5-7-10(12)8-6-9;1-7-2-4-8(5-3-7)6-9(10)11;9-7(10)5-1-3-6(4-2-5)8(11)12;2*7-6-4-2-1-3-5-6;2*1-2(3)4/h2*5-8,12H,4H2,1-3H3;2-5H,6H2,1H3,(H,10,11);1-4H,(H,9,10);2*1-5,7H;2*1H3,(H,3,4)/q2*+1;;;;;;/p-2. The fourth-order valence-electron chi connectivity index (χ4n) is 4.69. The molecule has 0 unspecified atom stereocenters. The molecule has 0 saturated carbocycles. The number of nitrogens with zero attached hydrogens (tertiary/aromatic N) is 1. The van der Waals surface area contributed by atoms with Gasteiger partial charge in [0.05, 0.1) is 10.9 Å². The number of nitro groups is 1. The predicted molar refractivity (Wildman–Crippen MR) is 268 cm³/mol. The summed E-state index contributed by atoms with van der Waals surface area (Å²) in [6.45, 7) is 17.5. The van der Waals surface area contributed by atoms with Crippen LogP contribution in [0, 0.1) is 24.2 Å². The fourth-order valence-corrected chi connectivity index (χ4v) is 5.85. The molecule has 11 nitrogen and oxygen atoms in total. The van der Waals surface area contributed by atoms with Gasteiger partial charge in [-0.05, 0) is 153 Å². The van der Waals surface area contributed by atoms with Gasteiger partial charge < -0.3 is 39.6 Å². The van der Waals surface area contributed by atoms with Crippen molar-refractivity contribution in [3.63, 3.8) is 0 Å². The van der Waals surface area contributed by atoms with Crippen molar-refractivity contribution in [1.29, 1.82) is 0 Å². The molecule has 0 amide bonds. The molecule has 0 saturated heterocycles. The van der Waals surface area contributed by atoms with E-state index in [0.717, 1.165) is 59.0 Å². The number of hydrogen-bond donors (Lipinski definition) is 0. The number of halogens is 2. The summed E-state index contributed by atoms with van der Waals surface area (Å²) in [6, 6.07) is 49.5. The summed E-state index contributed by atoms with van der Waals surface area (Å²) in [7, 11) is 0. The number of carbonyl (C=O) groups is 4. The van der Waals surface area contributed by atoms with Crippen LogP contribution in [0.1, 0.15) is 101 Å². The number of aryl methyl sites for hydroxylation is 1. The molecule has 0 spiro atoms. The molecule has 372 valence electrons. The summed E-state index contributed by atoms with van der Waals surface area (Å²) in [5.74, 6) is -4.54. The number of non-ortho nitro benzene ring substituents is 1. The molecule has 0 heterocycles. The Morgan fingerprint density at radius 3 is 1.09 bits per heavy atom. The van der Waals surface area contributed by atoms with Gasteiger partial charge in [-0.15, -0.1) is 0 Å². The molecule has 0 fully saturated rings. The van der Waals surface area contributed by atoms with Crippen LogP contribution in [0.4, 0.5) is 5.69 Å². The number of hydrogen-bond acceptors (Lipinski definition) is 10. The highest BCUT2D eigenvalue weighted by atomic mass is 127. The van der Waals surface area contributed by atoms with Gasteiger partial charge >= 0.3 is 0 Å². The first-order valence-electron chi connectivity index (χ1n) is 21.3. The lowest BCUT2D eigenvalue weighted by atomic mass is 9.82. The van der Waals surface area contributed by atoms with Gasteiger partial charge in [-0.25, -0.2) is 0 Å². The molecular weight excluding hydrogens is 1140 g/mol. The van der Waals surface area contributed by atoms with E-state index in [9.17, 15) is 29.9 Å². The maximum atomic E-state index is 10.2. The summed E-state index contributed by atoms with van der Waals surface area (Å²) in [5.41, 5.74) is 5.25. The molecular formula is C54H65I2NO10S2. The Balaban J connectivity index is 0. The minimum Gasteiger partial charge on any atom is -0.550 e. The summed E-state index contributed by atoms with van der Waals surface area (Å²) in [6.07, 6.45) is 2.38. The summed E-state index contributed by atoms with van der Waals surface area (Å²) in [4.78, 5) is 49.9. The molecule has 0 aliphatic heterocycles. The highest BCUT2D eigenvalue weighted by molar-refractivity contribution is 7.59. The Bertz CT molecular complexity index is 2220. The van der Waals surface area contributed by atoms with Crippen LogP contribution >= 0.6 is 0 Å². The number of carboxylic acid groups (broad SMARTS) is 4. The van der Waals surface area contributed by atoms with Crippen LogP contribution in [0.2, 0.25) is 0 Å². The zero-order chi connectivity index (χ0) is 53.2. The second kappa shape index (κ2) is 36.7. The number of nitro benzene ring substituents is 1. The van der Waals surface area contributed by atoms with E-state index in [0.29, 0.717) is 10.8 Å². The van der Waals surface area contributed by atoms with Crippen LogP contribution in [0.15, 0.2) is 168 Å². The van der Waals surface area contributed by atoms with Crippen molar-refractivity contribution in [2.45, 2.75) is 102 Å². The van der Waals surface area contributed by atoms with Gasteiger partial charge in [-0.2, -0.15) is 0 Å². The van der Waals surface area contributed by atoms with Gasteiger partial charge in [0.1, 0.15) is 9.79 Å². The molecule has 0 N–H and O–H groups in total. The maximum absolute atomic E-state index is 10.2. The second-order valence-corrected chi connectivity index (χ2v) is 19.7.